The van der Waals surface area contributed by atoms with Crippen molar-refractivity contribution in [1.82, 2.24) is 30.5 Å². The van der Waals surface area contributed by atoms with E-state index in [4.69, 9.17) is 4.52 Å². The lowest BCUT2D eigenvalue weighted by molar-refractivity contribution is 0.405. The second-order valence-electron chi connectivity index (χ2n) is 2.64. The average Bonchev–Trinajstić information content (AvgIpc) is 3.02. The molecule has 0 spiro atoms. The molecule has 8 heteroatoms. The summed E-state index contributed by atoms with van der Waals surface area (Å²) in [5.41, 5.74) is 0.480. The molecule has 0 radical (unpaired) electrons. The topological polar surface area (TPSA) is 107 Å². The maximum Gasteiger partial charge on any atom is 0.280 e. The molecule has 0 bridgehead atoms. The average molecular weight is 204 g/mol. The van der Waals surface area contributed by atoms with Crippen LogP contribution in [0.5, 0.6) is 0 Å². The van der Waals surface area contributed by atoms with Gasteiger partial charge in [0.2, 0.25) is 5.82 Å². The monoisotopic (exact) mass is 204 g/mol. The lowest BCUT2D eigenvalue weighted by Crippen LogP contribution is -1.83. The SMILES string of the molecule is c1n[nH]c(-c2noc(-c3ccon3)n2)n1. The van der Waals surface area contributed by atoms with Crippen molar-refractivity contribution >= 4 is 0 Å². The lowest BCUT2D eigenvalue weighted by atomic mass is 10.4. The first kappa shape index (κ1) is 7.85. The number of nitrogens with zero attached hydrogens (tertiary/aromatic N) is 5. The highest BCUT2D eigenvalue weighted by molar-refractivity contribution is 5.49. The Bertz CT molecular complexity index is 491. The van der Waals surface area contributed by atoms with Crippen LogP contribution in [0.3, 0.4) is 0 Å². The highest BCUT2D eigenvalue weighted by Gasteiger charge is 2.14. The van der Waals surface area contributed by atoms with Crippen molar-refractivity contribution in [2.45, 2.75) is 0 Å². The van der Waals surface area contributed by atoms with Crippen molar-refractivity contribution in [2.24, 2.45) is 0 Å². The Morgan fingerprint density at radius 2 is 2.27 bits per heavy atom. The fourth-order valence-corrected chi connectivity index (χ4v) is 1.06. The predicted molar refractivity (Wildman–Crippen MR) is 45.2 cm³/mol. The van der Waals surface area contributed by atoms with Crippen LogP contribution >= 0.6 is 0 Å². The molecule has 0 amide bonds. The van der Waals surface area contributed by atoms with Gasteiger partial charge in [0.05, 0.1) is 0 Å². The summed E-state index contributed by atoms with van der Waals surface area (Å²) in [6.07, 6.45) is 2.79. The van der Waals surface area contributed by atoms with Crippen LogP contribution in [0.15, 0.2) is 27.7 Å². The van der Waals surface area contributed by atoms with Crippen LogP contribution < -0.4 is 0 Å². The van der Waals surface area contributed by atoms with E-state index in [0.29, 0.717) is 17.3 Å². The molecule has 0 aliphatic rings. The molecule has 0 aromatic carbocycles. The van der Waals surface area contributed by atoms with Gasteiger partial charge in [0.25, 0.3) is 5.89 Å². The van der Waals surface area contributed by atoms with Crippen molar-refractivity contribution < 1.29 is 9.05 Å². The second-order valence-corrected chi connectivity index (χ2v) is 2.64. The fourth-order valence-electron chi connectivity index (χ4n) is 1.06. The molecule has 0 atom stereocenters. The molecule has 3 aromatic heterocycles. The van der Waals surface area contributed by atoms with E-state index in [1.54, 1.807) is 6.07 Å². The smallest absolute Gasteiger partial charge is 0.280 e. The molecule has 0 saturated heterocycles. The van der Waals surface area contributed by atoms with Crippen LogP contribution in [0, 0.1) is 0 Å². The first-order valence-corrected chi connectivity index (χ1v) is 4.04. The minimum absolute atomic E-state index is 0.273. The number of aromatic amines is 1. The number of nitrogens with one attached hydrogen (secondary N) is 1. The number of aromatic nitrogens is 6. The highest BCUT2D eigenvalue weighted by atomic mass is 16.5. The van der Waals surface area contributed by atoms with Crippen molar-refractivity contribution in [3.8, 4) is 23.2 Å². The highest BCUT2D eigenvalue weighted by Crippen LogP contribution is 2.17. The Kier molecular flexibility index (Phi) is 1.58. The van der Waals surface area contributed by atoms with Gasteiger partial charge in [0.15, 0.2) is 11.5 Å². The summed E-state index contributed by atoms with van der Waals surface area (Å²) in [4.78, 5) is 7.95. The molecular formula is C7H4N6O2. The third-order valence-corrected chi connectivity index (χ3v) is 1.71. The molecule has 0 fully saturated rings. The summed E-state index contributed by atoms with van der Waals surface area (Å²) in [6.45, 7) is 0. The van der Waals surface area contributed by atoms with Crippen molar-refractivity contribution in [1.29, 1.82) is 0 Å². The van der Waals surface area contributed by atoms with Gasteiger partial charge in [-0.25, -0.2) is 4.98 Å². The Hall–Kier alpha value is -2.51. The zero-order chi connectivity index (χ0) is 10.1. The van der Waals surface area contributed by atoms with Crippen LogP contribution in [0.1, 0.15) is 0 Å². The van der Waals surface area contributed by atoms with E-state index in [1.807, 2.05) is 0 Å². The maximum atomic E-state index is 4.96. The summed E-state index contributed by atoms with van der Waals surface area (Å²) < 4.78 is 9.62. The molecule has 0 unspecified atom stereocenters. The van der Waals surface area contributed by atoms with E-state index < -0.39 is 0 Å². The van der Waals surface area contributed by atoms with E-state index in [0.717, 1.165) is 0 Å². The van der Waals surface area contributed by atoms with E-state index in [9.17, 15) is 0 Å². The van der Waals surface area contributed by atoms with Crippen LogP contribution in [-0.2, 0) is 0 Å². The summed E-state index contributed by atoms with van der Waals surface area (Å²) in [5, 5.41) is 13.7. The Balaban J connectivity index is 2.02. The predicted octanol–water partition coefficient (Wildman–Crippen LogP) is 0.510. The van der Waals surface area contributed by atoms with Crippen LogP contribution in [0.25, 0.3) is 23.2 Å². The third-order valence-electron chi connectivity index (χ3n) is 1.71. The minimum atomic E-state index is 0.273. The van der Waals surface area contributed by atoms with Gasteiger partial charge in [-0.1, -0.05) is 10.3 Å². The van der Waals surface area contributed by atoms with Gasteiger partial charge in [-0.2, -0.15) is 10.1 Å². The minimum Gasteiger partial charge on any atom is -0.364 e. The number of rotatable bonds is 2. The number of hydrogen-bond donors (Lipinski definition) is 1. The van der Waals surface area contributed by atoms with Crippen molar-refractivity contribution in [2.75, 3.05) is 0 Å². The first-order chi connectivity index (χ1) is 7.43. The van der Waals surface area contributed by atoms with Crippen LogP contribution in [-0.4, -0.2) is 30.5 Å². The largest absolute Gasteiger partial charge is 0.364 e. The number of H-pyrrole nitrogens is 1. The second kappa shape index (κ2) is 3.01. The van der Waals surface area contributed by atoms with Gasteiger partial charge in [0, 0.05) is 6.07 Å². The molecule has 0 aliphatic heterocycles. The maximum absolute atomic E-state index is 4.96. The van der Waals surface area contributed by atoms with Gasteiger partial charge in [-0.3, -0.25) is 5.10 Å². The van der Waals surface area contributed by atoms with Crippen molar-refractivity contribution in [3.05, 3.63) is 18.7 Å². The quantitative estimate of drug-likeness (QED) is 0.647. The van der Waals surface area contributed by atoms with Crippen LogP contribution in [0.2, 0.25) is 0 Å². The number of hydrogen-bond acceptors (Lipinski definition) is 7. The van der Waals surface area contributed by atoms with Crippen molar-refractivity contribution in [3.63, 3.8) is 0 Å². The fraction of sp³-hybridized carbons (Fsp3) is 0. The summed E-state index contributed by atoms with van der Waals surface area (Å²) in [5.74, 6) is 1.04. The van der Waals surface area contributed by atoms with Gasteiger partial charge in [0.1, 0.15) is 12.6 Å². The van der Waals surface area contributed by atoms with Gasteiger partial charge >= 0.3 is 0 Å². The van der Waals surface area contributed by atoms with Crippen LogP contribution in [0.4, 0.5) is 0 Å². The molecule has 3 aromatic rings. The molecule has 74 valence electrons. The van der Waals surface area contributed by atoms with Gasteiger partial charge < -0.3 is 9.05 Å². The Labute approximate surface area is 82.3 Å². The standard InChI is InChI=1S/C7H4N6O2/c1-2-14-12-4(1)7-10-6(13-15-7)5-8-3-9-11-5/h1-3H,(H,8,9,11). The van der Waals surface area contributed by atoms with E-state index >= 15 is 0 Å². The first-order valence-electron chi connectivity index (χ1n) is 4.04. The molecular weight excluding hydrogens is 200 g/mol. The zero-order valence-corrected chi connectivity index (χ0v) is 7.28. The zero-order valence-electron chi connectivity index (χ0n) is 7.28. The summed E-state index contributed by atoms with van der Waals surface area (Å²) >= 11 is 0. The van der Waals surface area contributed by atoms with E-state index in [-0.39, 0.29) is 5.89 Å². The normalized spacial score (nSPS) is 10.7. The molecule has 15 heavy (non-hydrogen) atoms. The van der Waals surface area contributed by atoms with Gasteiger partial charge in [-0.15, -0.1) is 0 Å². The Morgan fingerprint density at radius 1 is 1.27 bits per heavy atom. The van der Waals surface area contributed by atoms with Gasteiger partial charge in [-0.05, 0) is 0 Å². The molecule has 0 saturated carbocycles. The lowest BCUT2D eigenvalue weighted by Gasteiger charge is -1.81. The van der Waals surface area contributed by atoms with E-state index in [2.05, 4.69) is 35.0 Å². The summed E-state index contributed by atoms with van der Waals surface area (Å²) in [7, 11) is 0. The van der Waals surface area contributed by atoms with E-state index in [1.165, 1.54) is 12.6 Å². The molecule has 3 heterocycles. The molecule has 3 rings (SSSR count). The molecule has 8 nitrogen and oxygen atoms in total. The summed E-state index contributed by atoms with van der Waals surface area (Å²) in [6, 6.07) is 1.62. The molecule has 1 N–H and O–H groups in total. The molecule has 0 aliphatic carbocycles. The third kappa shape index (κ3) is 1.27. The Morgan fingerprint density at radius 3 is 3.00 bits per heavy atom.